The zero-order chi connectivity index (χ0) is 26.7. The predicted octanol–water partition coefficient (Wildman–Crippen LogP) is 4.96. The zero-order valence-corrected chi connectivity index (χ0v) is 22.5. The van der Waals surface area contributed by atoms with Gasteiger partial charge in [-0.3, -0.25) is 9.59 Å². The lowest BCUT2D eigenvalue weighted by molar-refractivity contribution is -0.139. The Morgan fingerprint density at radius 3 is 2.54 bits per heavy atom. The maximum Gasteiger partial charge on any atom is 0.340 e. The number of amides is 1. The van der Waals surface area contributed by atoms with Gasteiger partial charge in [-0.2, -0.15) is 0 Å². The van der Waals surface area contributed by atoms with Gasteiger partial charge in [0.05, 0.1) is 12.5 Å². The number of benzene rings is 2. The van der Waals surface area contributed by atoms with Crippen LogP contribution in [0, 0.1) is 5.41 Å². The average molecular weight is 569 g/mol. The van der Waals surface area contributed by atoms with Crippen molar-refractivity contribution in [3.8, 4) is 5.75 Å². The lowest BCUT2D eigenvalue weighted by atomic mass is 9.70. The van der Waals surface area contributed by atoms with E-state index >= 15 is 0 Å². The van der Waals surface area contributed by atoms with Gasteiger partial charge >= 0.3 is 5.97 Å². The van der Waals surface area contributed by atoms with Gasteiger partial charge in [0.2, 0.25) is 5.88 Å². The fraction of sp³-hybridized carbons (Fsp3) is 0.321. The number of carbonyl (C=O) groups excluding carboxylic acids is 3. The first-order valence-corrected chi connectivity index (χ1v) is 12.8. The molecule has 8 nitrogen and oxygen atoms in total. The van der Waals surface area contributed by atoms with Crippen molar-refractivity contribution in [2.24, 2.45) is 11.1 Å². The summed E-state index contributed by atoms with van der Waals surface area (Å²) in [4.78, 5) is 39.0. The minimum Gasteiger partial charge on any atom is -0.483 e. The number of anilines is 1. The molecule has 1 aliphatic carbocycles. The molecule has 0 saturated heterocycles. The fourth-order valence-electron chi connectivity index (χ4n) is 4.63. The highest BCUT2D eigenvalue weighted by Gasteiger charge is 2.45. The monoisotopic (exact) mass is 568 g/mol. The summed E-state index contributed by atoms with van der Waals surface area (Å²) in [6.07, 6.45) is 0.778. The van der Waals surface area contributed by atoms with E-state index < -0.39 is 11.9 Å². The van der Waals surface area contributed by atoms with Crippen molar-refractivity contribution < 1.29 is 28.6 Å². The van der Waals surface area contributed by atoms with Gasteiger partial charge in [-0.1, -0.05) is 48.0 Å². The van der Waals surface area contributed by atoms with Crippen LogP contribution in [0.4, 0.5) is 5.69 Å². The summed E-state index contributed by atoms with van der Waals surface area (Å²) in [6, 6.07) is 14.1. The van der Waals surface area contributed by atoms with E-state index in [1.165, 1.54) is 0 Å². The second-order valence-corrected chi connectivity index (χ2v) is 10.6. The fourth-order valence-corrected chi connectivity index (χ4v) is 4.89. The minimum atomic E-state index is -0.850. The van der Waals surface area contributed by atoms with Crippen LogP contribution in [0.15, 0.2) is 75.8 Å². The number of hydrogen-bond acceptors (Lipinski definition) is 7. The van der Waals surface area contributed by atoms with Gasteiger partial charge in [-0.25, -0.2) is 4.79 Å². The smallest absolute Gasteiger partial charge is 0.340 e. The van der Waals surface area contributed by atoms with E-state index in [-0.39, 0.29) is 41.8 Å². The van der Waals surface area contributed by atoms with Gasteiger partial charge in [0.15, 0.2) is 12.4 Å². The van der Waals surface area contributed by atoms with E-state index in [9.17, 15) is 14.4 Å². The zero-order valence-electron chi connectivity index (χ0n) is 20.9. The summed E-state index contributed by atoms with van der Waals surface area (Å²) in [6.45, 7) is 5.50. The number of halogens is 1. The summed E-state index contributed by atoms with van der Waals surface area (Å²) in [5.41, 5.74) is 7.49. The summed E-state index contributed by atoms with van der Waals surface area (Å²) < 4.78 is 17.9. The van der Waals surface area contributed by atoms with Crippen LogP contribution in [0.25, 0.3) is 0 Å². The molecule has 3 N–H and O–H groups in total. The molecule has 0 saturated carbocycles. The lowest BCUT2D eigenvalue weighted by Gasteiger charge is -2.38. The molecule has 0 aromatic heterocycles. The number of hydrogen-bond donors (Lipinski definition) is 2. The normalized spacial score (nSPS) is 18.6. The van der Waals surface area contributed by atoms with E-state index in [4.69, 9.17) is 19.9 Å². The first-order chi connectivity index (χ1) is 17.6. The Hall–Kier alpha value is -3.59. The largest absolute Gasteiger partial charge is 0.483 e. The van der Waals surface area contributed by atoms with Crippen LogP contribution in [0.2, 0.25) is 0 Å². The molecular formula is C28H29BrN2O6. The maximum absolute atomic E-state index is 13.4. The molecule has 1 heterocycles. The maximum atomic E-state index is 13.4. The number of ether oxygens (including phenoxy) is 3. The Labute approximate surface area is 224 Å². The van der Waals surface area contributed by atoms with E-state index in [2.05, 4.69) is 21.2 Å². The molecule has 37 heavy (non-hydrogen) atoms. The summed E-state index contributed by atoms with van der Waals surface area (Å²) in [5, 5.41) is 2.78. The third kappa shape index (κ3) is 5.88. The van der Waals surface area contributed by atoms with Crippen molar-refractivity contribution >= 4 is 39.3 Å². The van der Waals surface area contributed by atoms with Crippen LogP contribution in [-0.2, 0) is 23.9 Å². The van der Waals surface area contributed by atoms with E-state index in [0.717, 1.165) is 4.47 Å². The van der Waals surface area contributed by atoms with Gasteiger partial charge in [0.1, 0.15) is 17.1 Å². The third-order valence-corrected chi connectivity index (χ3v) is 6.70. The van der Waals surface area contributed by atoms with Crippen LogP contribution in [-0.4, -0.2) is 30.9 Å². The van der Waals surface area contributed by atoms with E-state index in [0.29, 0.717) is 41.2 Å². The number of nitrogens with two attached hydrogens (primary N) is 1. The number of esters is 1. The van der Waals surface area contributed by atoms with Crippen LogP contribution in [0.1, 0.15) is 45.1 Å². The number of allylic oxidation sites excluding steroid dienone is 2. The van der Waals surface area contributed by atoms with E-state index in [1.54, 1.807) is 43.3 Å². The number of ketones is 1. The summed E-state index contributed by atoms with van der Waals surface area (Å²) in [5.74, 6) is -1.32. The van der Waals surface area contributed by atoms with E-state index in [1.807, 2.05) is 26.0 Å². The molecule has 2 aromatic rings. The Morgan fingerprint density at radius 1 is 1.14 bits per heavy atom. The highest BCUT2D eigenvalue weighted by atomic mass is 79.9. The molecule has 1 amide bonds. The molecule has 194 valence electrons. The standard InChI is InChI=1S/C28H29BrN2O6/c1-4-35-27(34)25-23(24-19(32)13-28(2,3)14-21(24)37-26(25)30)18-7-5-6-8-20(18)36-15-22(33)31-17-11-9-16(29)10-12-17/h5-12,23H,4,13-15,30H2,1-3H3,(H,31,33). The summed E-state index contributed by atoms with van der Waals surface area (Å²) >= 11 is 3.36. The van der Waals surface area contributed by atoms with Crippen LogP contribution in [0.3, 0.4) is 0 Å². The third-order valence-electron chi connectivity index (χ3n) is 6.17. The molecule has 0 bridgehead atoms. The number of para-hydroxylation sites is 1. The van der Waals surface area contributed by atoms with Gasteiger partial charge in [-0.15, -0.1) is 0 Å². The van der Waals surface area contributed by atoms with Crippen molar-refractivity contribution in [3.63, 3.8) is 0 Å². The van der Waals surface area contributed by atoms with Gasteiger partial charge in [0, 0.05) is 34.1 Å². The van der Waals surface area contributed by atoms with Crippen LogP contribution < -0.4 is 15.8 Å². The molecule has 2 aromatic carbocycles. The van der Waals surface area contributed by atoms with Crippen LogP contribution in [0.5, 0.6) is 5.75 Å². The van der Waals surface area contributed by atoms with Crippen molar-refractivity contribution in [2.75, 3.05) is 18.5 Å². The van der Waals surface area contributed by atoms with Gasteiger partial charge < -0.3 is 25.3 Å². The van der Waals surface area contributed by atoms with Gasteiger partial charge in [0.25, 0.3) is 5.91 Å². The van der Waals surface area contributed by atoms with Crippen molar-refractivity contribution in [1.82, 2.24) is 0 Å². The summed E-state index contributed by atoms with van der Waals surface area (Å²) in [7, 11) is 0. The first kappa shape index (κ1) is 26.5. The second-order valence-electron chi connectivity index (χ2n) is 9.69. The Morgan fingerprint density at radius 2 is 1.84 bits per heavy atom. The molecule has 4 rings (SSSR count). The molecule has 1 atom stereocenters. The second kappa shape index (κ2) is 10.8. The number of rotatable bonds is 7. The number of carbonyl (C=O) groups is 3. The highest BCUT2D eigenvalue weighted by Crippen LogP contribution is 2.49. The SMILES string of the molecule is CCOC(=O)C1=C(N)OC2=C(C(=O)CC(C)(C)C2)C1c1ccccc1OCC(=O)Nc1ccc(Br)cc1. The Kier molecular flexibility index (Phi) is 7.73. The van der Waals surface area contributed by atoms with Crippen molar-refractivity contribution in [1.29, 1.82) is 0 Å². The van der Waals surface area contributed by atoms with Crippen LogP contribution >= 0.6 is 15.9 Å². The average Bonchev–Trinajstić information content (AvgIpc) is 2.83. The molecule has 0 spiro atoms. The first-order valence-electron chi connectivity index (χ1n) is 12.0. The van der Waals surface area contributed by atoms with Crippen molar-refractivity contribution in [2.45, 2.75) is 39.5 Å². The van der Waals surface area contributed by atoms with Gasteiger partial charge in [-0.05, 0) is 42.7 Å². The molecular weight excluding hydrogens is 540 g/mol. The Bertz CT molecular complexity index is 1300. The Balaban J connectivity index is 1.68. The number of nitrogens with one attached hydrogen (secondary N) is 1. The highest BCUT2D eigenvalue weighted by molar-refractivity contribution is 9.10. The quantitative estimate of drug-likeness (QED) is 0.453. The molecule has 0 fully saturated rings. The topological polar surface area (TPSA) is 117 Å². The molecule has 1 aliphatic heterocycles. The number of Topliss-reactive ketones (excluding diaryl/α,β-unsaturated/α-hetero) is 1. The van der Waals surface area contributed by atoms with Crippen molar-refractivity contribution in [3.05, 3.63) is 81.4 Å². The molecule has 9 heteroatoms. The minimum absolute atomic E-state index is 0.0454. The lowest BCUT2D eigenvalue weighted by Crippen LogP contribution is -2.36. The molecule has 2 aliphatic rings. The predicted molar refractivity (Wildman–Crippen MR) is 141 cm³/mol. The molecule has 1 unspecified atom stereocenters. The molecule has 0 radical (unpaired) electrons.